The van der Waals surface area contributed by atoms with Crippen LogP contribution in [0.5, 0.6) is 5.75 Å². The van der Waals surface area contributed by atoms with E-state index in [9.17, 15) is 24.0 Å². The number of ketones is 1. The Morgan fingerprint density at radius 3 is 2.34 bits per heavy atom. The van der Waals surface area contributed by atoms with Crippen LogP contribution in [0.15, 0.2) is 58.1 Å². The second-order valence-electron chi connectivity index (χ2n) is 8.31. The number of esters is 1. The summed E-state index contributed by atoms with van der Waals surface area (Å²) in [6, 6.07) is 12.7. The lowest BCUT2D eigenvalue weighted by Crippen LogP contribution is -2.40. The predicted molar refractivity (Wildman–Crippen MR) is 144 cm³/mol. The number of methoxy groups -OCH3 is 1. The summed E-state index contributed by atoms with van der Waals surface area (Å²) in [6.07, 6.45) is 0. The van der Waals surface area contributed by atoms with Crippen LogP contribution in [-0.4, -0.2) is 40.5 Å². The lowest BCUT2D eigenvalue weighted by Gasteiger charge is -2.14. The average molecular weight is 536 g/mol. The molecular weight excluding hydrogens is 510 g/mol. The normalized spacial score (nSPS) is 10.8. The van der Waals surface area contributed by atoms with Crippen LogP contribution in [0.25, 0.3) is 15.9 Å². The highest BCUT2D eigenvalue weighted by atomic mass is 32.1. The van der Waals surface area contributed by atoms with Gasteiger partial charge in [-0.15, -0.1) is 11.3 Å². The van der Waals surface area contributed by atoms with Gasteiger partial charge in [0.25, 0.3) is 5.56 Å². The zero-order valence-electron chi connectivity index (χ0n) is 21.2. The summed E-state index contributed by atoms with van der Waals surface area (Å²) in [6.45, 7) is 4.84. The monoisotopic (exact) mass is 535 g/mol. The molecule has 1 amide bonds. The van der Waals surface area contributed by atoms with Crippen LogP contribution in [0, 0.1) is 6.92 Å². The van der Waals surface area contributed by atoms with Gasteiger partial charge in [0.1, 0.15) is 17.1 Å². The van der Waals surface area contributed by atoms with E-state index in [-0.39, 0.29) is 32.9 Å². The van der Waals surface area contributed by atoms with E-state index in [0.717, 1.165) is 20.5 Å². The lowest BCUT2D eigenvalue weighted by molar-refractivity contribution is -0.116. The molecule has 11 heteroatoms. The molecule has 10 nitrogen and oxygen atoms in total. The topological polar surface area (TPSA) is 126 Å². The molecule has 0 fully saturated rings. The number of fused-ring (bicyclic) bond motifs is 1. The zero-order valence-corrected chi connectivity index (χ0v) is 22.0. The number of nitrogens with zero attached hydrogens (tertiary/aromatic N) is 2. The van der Waals surface area contributed by atoms with Crippen molar-refractivity contribution < 1.29 is 23.9 Å². The molecule has 2 heterocycles. The molecule has 0 radical (unpaired) electrons. The summed E-state index contributed by atoms with van der Waals surface area (Å²) in [4.78, 5) is 65.3. The fraction of sp³-hybridized carbons (Fsp3) is 0.222. The number of para-hydroxylation sites is 1. The lowest BCUT2D eigenvalue weighted by atomic mass is 10.1. The smallest absolute Gasteiger partial charge is 0.339 e. The van der Waals surface area contributed by atoms with Crippen molar-refractivity contribution in [2.24, 2.45) is 0 Å². The molecule has 196 valence electrons. The van der Waals surface area contributed by atoms with Crippen LogP contribution >= 0.6 is 11.3 Å². The molecule has 0 atom stereocenters. The van der Waals surface area contributed by atoms with Gasteiger partial charge >= 0.3 is 11.7 Å². The quantitative estimate of drug-likeness (QED) is 0.270. The van der Waals surface area contributed by atoms with Gasteiger partial charge in [0.05, 0.1) is 40.9 Å². The van der Waals surface area contributed by atoms with E-state index in [1.807, 2.05) is 6.92 Å². The number of hydrogen-bond acceptors (Lipinski definition) is 8. The minimum atomic E-state index is -0.751. The van der Waals surface area contributed by atoms with Gasteiger partial charge in [0.2, 0.25) is 5.91 Å². The molecular formula is C27H25N3O7S. The van der Waals surface area contributed by atoms with Gasteiger partial charge in [0.15, 0.2) is 5.78 Å². The summed E-state index contributed by atoms with van der Waals surface area (Å²) in [5.41, 5.74) is -0.272. The number of aromatic nitrogens is 2. The Morgan fingerprint density at radius 2 is 1.71 bits per heavy atom. The van der Waals surface area contributed by atoms with Gasteiger partial charge in [-0.25, -0.2) is 14.2 Å². The molecule has 0 spiro atoms. The van der Waals surface area contributed by atoms with E-state index in [1.165, 1.54) is 26.2 Å². The van der Waals surface area contributed by atoms with Crippen molar-refractivity contribution in [3.8, 4) is 11.4 Å². The van der Waals surface area contributed by atoms with Crippen molar-refractivity contribution >= 4 is 44.9 Å². The van der Waals surface area contributed by atoms with Crippen molar-refractivity contribution in [2.75, 3.05) is 19.0 Å². The van der Waals surface area contributed by atoms with Crippen LogP contribution < -0.4 is 21.3 Å². The van der Waals surface area contributed by atoms with E-state index < -0.39 is 29.7 Å². The number of ether oxygens (including phenoxy) is 2. The van der Waals surface area contributed by atoms with Crippen LogP contribution in [-0.2, 0) is 16.1 Å². The van der Waals surface area contributed by atoms with E-state index in [0.29, 0.717) is 22.8 Å². The molecule has 0 aliphatic carbocycles. The third-order valence-corrected chi connectivity index (χ3v) is 7.26. The molecule has 0 aliphatic rings. The summed E-state index contributed by atoms with van der Waals surface area (Å²) in [5.74, 6) is -0.937. The molecule has 2 aromatic carbocycles. The number of amides is 1. The number of nitrogens with one attached hydrogen (secondary N) is 1. The van der Waals surface area contributed by atoms with Gasteiger partial charge in [-0.2, -0.15) is 0 Å². The fourth-order valence-corrected chi connectivity index (χ4v) is 5.31. The maximum atomic E-state index is 13.7. The number of carbonyl (C=O) groups is 3. The maximum absolute atomic E-state index is 13.7. The molecule has 1 N–H and O–H groups in total. The first-order valence-corrected chi connectivity index (χ1v) is 12.5. The van der Waals surface area contributed by atoms with Gasteiger partial charge < -0.3 is 14.8 Å². The molecule has 0 unspecified atom stereocenters. The number of benzene rings is 2. The molecule has 0 saturated heterocycles. The van der Waals surface area contributed by atoms with E-state index in [4.69, 9.17) is 9.47 Å². The molecule has 0 bridgehead atoms. The number of hydrogen-bond donors (Lipinski definition) is 1. The Hall–Kier alpha value is -4.51. The second kappa shape index (κ2) is 10.9. The number of aryl methyl sites for hydroxylation is 1. The number of thiophene rings is 1. The summed E-state index contributed by atoms with van der Waals surface area (Å²) >= 11 is 0.986. The van der Waals surface area contributed by atoms with Crippen LogP contribution in [0.4, 0.5) is 5.69 Å². The minimum Gasteiger partial charge on any atom is -0.494 e. The Morgan fingerprint density at radius 1 is 1.03 bits per heavy atom. The molecule has 0 saturated carbocycles. The van der Waals surface area contributed by atoms with Crippen LogP contribution in [0.1, 0.15) is 39.4 Å². The highest BCUT2D eigenvalue weighted by molar-refractivity contribution is 7.20. The number of rotatable bonds is 8. The third kappa shape index (κ3) is 4.88. The molecule has 4 aromatic rings. The van der Waals surface area contributed by atoms with Gasteiger partial charge in [-0.05, 0) is 62.7 Å². The number of carbonyl (C=O) groups excluding carboxylic acids is 3. The third-order valence-electron chi connectivity index (χ3n) is 5.85. The molecule has 38 heavy (non-hydrogen) atoms. The largest absolute Gasteiger partial charge is 0.494 e. The summed E-state index contributed by atoms with van der Waals surface area (Å²) < 4.78 is 12.4. The van der Waals surface area contributed by atoms with Crippen molar-refractivity contribution in [3.05, 3.63) is 85.4 Å². The number of anilines is 1. The minimum absolute atomic E-state index is 0.144. The fourth-order valence-electron chi connectivity index (χ4n) is 4.12. The van der Waals surface area contributed by atoms with Crippen molar-refractivity contribution in [3.63, 3.8) is 0 Å². The Kier molecular flexibility index (Phi) is 7.58. The van der Waals surface area contributed by atoms with E-state index in [1.54, 1.807) is 43.3 Å². The SMILES string of the molecule is CCOc1ccc(-n2c(=O)c3c(C)c(C(C)=O)sc3n(CC(=O)Nc3ccccc3C(=O)OC)c2=O)cc1. The number of Topliss-reactive ketones (excluding diaryl/α,β-unsaturated/α-hetero) is 1. The second-order valence-corrected chi connectivity index (χ2v) is 9.31. The van der Waals surface area contributed by atoms with E-state index in [2.05, 4.69) is 5.32 Å². The zero-order chi connectivity index (χ0) is 27.6. The van der Waals surface area contributed by atoms with E-state index >= 15 is 0 Å². The first-order chi connectivity index (χ1) is 18.2. The average Bonchev–Trinajstić information content (AvgIpc) is 3.25. The highest BCUT2D eigenvalue weighted by Gasteiger charge is 2.24. The van der Waals surface area contributed by atoms with Gasteiger partial charge in [-0.1, -0.05) is 12.1 Å². The summed E-state index contributed by atoms with van der Waals surface area (Å²) in [7, 11) is 1.23. The van der Waals surface area contributed by atoms with Crippen molar-refractivity contribution in [2.45, 2.75) is 27.3 Å². The molecule has 2 aromatic heterocycles. The Labute approximate surface area is 221 Å². The van der Waals surface area contributed by atoms with Gasteiger partial charge in [0, 0.05) is 0 Å². The first-order valence-electron chi connectivity index (χ1n) is 11.7. The Bertz CT molecular complexity index is 1680. The van der Waals surface area contributed by atoms with Crippen molar-refractivity contribution in [1.29, 1.82) is 0 Å². The van der Waals surface area contributed by atoms with Gasteiger partial charge in [-0.3, -0.25) is 19.0 Å². The maximum Gasteiger partial charge on any atom is 0.339 e. The van der Waals surface area contributed by atoms with Crippen molar-refractivity contribution in [1.82, 2.24) is 9.13 Å². The van der Waals surface area contributed by atoms with Crippen LogP contribution in [0.2, 0.25) is 0 Å². The highest BCUT2D eigenvalue weighted by Crippen LogP contribution is 2.29. The summed E-state index contributed by atoms with van der Waals surface area (Å²) in [5, 5.41) is 2.82. The molecule has 0 aliphatic heterocycles. The molecule has 4 rings (SSSR count). The predicted octanol–water partition coefficient (Wildman–Crippen LogP) is 3.55. The van der Waals surface area contributed by atoms with Crippen LogP contribution in [0.3, 0.4) is 0 Å². The first kappa shape index (κ1) is 26.6. The Balaban J connectivity index is 1.86. The standard InChI is InChI=1S/C27H25N3O7S/c1-5-37-18-12-10-17(11-13-18)30-24(33)22-15(2)23(16(3)31)38-25(22)29(27(30)35)14-21(32)28-20-9-7-6-8-19(20)26(34)36-4/h6-13H,5,14H2,1-4H3,(H,28,32).